The molecule has 0 fully saturated rings. The highest BCUT2D eigenvalue weighted by molar-refractivity contribution is 6.17. The van der Waals surface area contributed by atoms with Gasteiger partial charge in [-0.2, -0.15) is 0 Å². The van der Waals surface area contributed by atoms with Crippen LogP contribution in [0.5, 0.6) is 0 Å². The van der Waals surface area contributed by atoms with Crippen molar-refractivity contribution in [3.63, 3.8) is 0 Å². The van der Waals surface area contributed by atoms with E-state index in [-0.39, 0.29) is 0 Å². The van der Waals surface area contributed by atoms with Crippen LogP contribution in [0.3, 0.4) is 0 Å². The van der Waals surface area contributed by atoms with E-state index in [4.69, 9.17) is 34.9 Å². The third kappa shape index (κ3) is 11.9. The van der Waals surface area contributed by atoms with Gasteiger partial charge in [-0.3, -0.25) is 9.13 Å². The summed E-state index contributed by atoms with van der Waals surface area (Å²) in [6.45, 7) is 0. The first-order chi connectivity index (χ1) is 61.0. The molecule has 0 spiro atoms. The molecule has 0 aliphatic heterocycles. The first-order valence-electron chi connectivity index (χ1n) is 41.6. The lowest BCUT2D eigenvalue weighted by molar-refractivity contribution is 0.985. The number of nitrogens with zero attached hydrogens (tertiary/aromatic N) is 10. The van der Waals surface area contributed by atoms with Gasteiger partial charge in [0.25, 0.3) is 0 Å². The van der Waals surface area contributed by atoms with Crippen LogP contribution in [0.2, 0.25) is 0 Å². The number of hydrogen-bond acceptors (Lipinski definition) is 7. The first kappa shape index (κ1) is 70.5. The monoisotopic (exact) mass is 1570 g/mol. The predicted octanol–water partition coefficient (Wildman–Crippen LogP) is 28.4. The topological polar surface area (TPSA) is 105 Å². The van der Waals surface area contributed by atoms with Crippen LogP contribution in [0.1, 0.15) is 0 Å². The Hall–Kier alpha value is -16.7. The molecular weight excluding hydrogens is 1500 g/mol. The fraction of sp³-hybridized carbons (Fsp3) is 0. The van der Waals surface area contributed by atoms with Crippen LogP contribution < -0.4 is 0 Å². The largest absolute Gasteiger partial charge is 0.316 e. The van der Waals surface area contributed by atoms with E-state index >= 15 is 0 Å². The van der Waals surface area contributed by atoms with Crippen LogP contribution in [0.4, 0.5) is 0 Å². The summed E-state index contributed by atoms with van der Waals surface area (Å²) >= 11 is 0. The van der Waals surface area contributed by atoms with Crippen LogP contribution >= 0.6 is 0 Å². The fourth-order valence-electron chi connectivity index (χ4n) is 18.8. The summed E-state index contributed by atoms with van der Waals surface area (Å²) in [4.78, 5) is 35.5. The normalized spacial score (nSPS) is 11.7. The van der Waals surface area contributed by atoms with Crippen molar-refractivity contribution < 1.29 is 0 Å². The van der Waals surface area contributed by atoms with Gasteiger partial charge in [-0.25, -0.2) is 34.9 Å². The SMILES string of the molecule is c1ccc(-c2nc(-c3ccc(-n4cc5c6c(cccc64)-c4ccccc4-c4ccccc4-5)cc3)nc(-c3ccc4ccccc4c3)n2)cc1.c1ccc(-c2nc(-n3cc4c5c(cccc53)-c3ccccc3-c3ccccc3-4)nc3ccccc23)cc1.c1ccc(-c2nc3ccccc3nc2-n2cc3c4c(cccc42)-c2ccccc2-c2ccccc2-3)cc1. The lowest BCUT2D eigenvalue weighted by atomic mass is 9.94. The van der Waals surface area contributed by atoms with Gasteiger partial charge >= 0.3 is 0 Å². The van der Waals surface area contributed by atoms with E-state index in [1.165, 1.54) is 127 Å². The second kappa shape index (κ2) is 29.1. The molecule has 3 aliphatic rings. The summed E-state index contributed by atoms with van der Waals surface area (Å²) in [6.07, 6.45) is 6.77. The molecule has 6 heterocycles. The van der Waals surface area contributed by atoms with E-state index in [1.54, 1.807) is 0 Å². The van der Waals surface area contributed by atoms with Gasteiger partial charge in [0.2, 0.25) is 5.95 Å². The molecule has 0 saturated heterocycles. The fourth-order valence-corrected chi connectivity index (χ4v) is 18.8. The summed E-state index contributed by atoms with van der Waals surface area (Å²) in [6, 6.07) is 143. The summed E-state index contributed by atoms with van der Waals surface area (Å²) < 4.78 is 6.71. The predicted molar refractivity (Wildman–Crippen MR) is 504 cm³/mol. The molecule has 10 nitrogen and oxygen atoms in total. The Morgan fingerprint density at radius 1 is 0.179 bits per heavy atom. The summed E-state index contributed by atoms with van der Waals surface area (Å²) in [5.74, 6) is 3.46. The van der Waals surface area contributed by atoms with Gasteiger partial charge in [0.15, 0.2) is 23.3 Å². The van der Waals surface area contributed by atoms with Crippen LogP contribution in [-0.2, 0) is 0 Å². The standard InChI is InChI=1S/C45H28N4.2C34H21N3/c1-2-12-30(13-3-1)43-46-44(48-45(47-43)33-22-21-29-11-4-5-14-32(29)27-33)31-23-25-34(26-24-31)49-28-40-38-18-9-7-16-36(38)35-15-6-8-17-37(35)39-19-10-20-41(49)42(39)40;1-2-11-22(12-3-1)33-34(36-30-19-9-8-18-29(30)35-33)37-21-28-26-16-7-5-14-24(26)23-13-4-6-15-25(23)27-17-10-20-31(37)32(27)28;1-2-11-22(12-3-1)33-28-17-8-9-19-30(28)35-34(36-33)37-21-29-26-16-7-5-14-24(26)23-13-4-6-15-25(23)27-18-10-20-31(37)32(27)29/h1-28H;2*1-21H. The van der Waals surface area contributed by atoms with Gasteiger partial charge in [0, 0.05) is 90.3 Å². The average molecular weight is 1570 g/mol. The maximum atomic E-state index is 5.19. The second-order valence-corrected chi connectivity index (χ2v) is 31.4. The molecule has 17 aromatic carbocycles. The molecule has 0 N–H and O–H groups in total. The number of fused-ring (bicyclic) bond motifs is 18. The molecule has 23 aromatic rings. The Morgan fingerprint density at radius 3 is 1.00 bits per heavy atom. The summed E-state index contributed by atoms with van der Waals surface area (Å²) in [5, 5.41) is 7.14. The quantitative estimate of drug-likeness (QED) is 0.149. The Bertz CT molecular complexity index is 8190. The maximum absolute atomic E-state index is 5.19. The van der Waals surface area contributed by atoms with E-state index in [0.717, 1.165) is 89.1 Å². The zero-order valence-electron chi connectivity index (χ0n) is 66.4. The Labute approximate surface area is 708 Å². The highest BCUT2D eigenvalue weighted by Gasteiger charge is 2.30. The van der Waals surface area contributed by atoms with E-state index < -0.39 is 0 Å². The molecular formula is C113H70N10. The van der Waals surface area contributed by atoms with Gasteiger partial charge in [-0.1, -0.05) is 340 Å². The maximum Gasteiger partial charge on any atom is 0.235 e. The van der Waals surface area contributed by atoms with E-state index in [0.29, 0.717) is 23.4 Å². The van der Waals surface area contributed by atoms with Crippen molar-refractivity contribution in [2.45, 2.75) is 0 Å². The summed E-state index contributed by atoms with van der Waals surface area (Å²) in [5.41, 5.74) is 36.4. The van der Waals surface area contributed by atoms with Crippen molar-refractivity contribution in [1.29, 1.82) is 0 Å². The zero-order valence-corrected chi connectivity index (χ0v) is 66.4. The highest BCUT2D eigenvalue weighted by Crippen LogP contribution is 2.53. The Morgan fingerprint density at radius 2 is 0.512 bits per heavy atom. The van der Waals surface area contributed by atoms with Crippen LogP contribution in [0.25, 0.3) is 240 Å². The number of rotatable bonds is 8. The lowest BCUT2D eigenvalue weighted by Crippen LogP contribution is -2.02. The van der Waals surface area contributed by atoms with Gasteiger partial charge in [-0.05, 0) is 161 Å². The van der Waals surface area contributed by atoms with Gasteiger partial charge in [0.1, 0.15) is 5.69 Å². The molecule has 123 heavy (non-hydrogen) atoms. The van der Waals surface area contributed by atoms with Crippen molar-refractivity contribution >= 4 is 65.4 Å². The highest BCUT2D eigenvalue weighted by atomic mass is 15.2. The number of aromatic nitrogens is 10. The first-order valence-corrected chi connectivity index (χ1v) is 41.6. The smallest absolute Gasteiger partial charge is 0.235 e. The van der Waals surface area contributed by atoms with Crippen molar-refractivity contribution in [2.24, 2.45) is 0 Å². The van der Waals surface area contributed by atoms with Crippen molar-refractivity contribution in [2.75, 3.05) is 0 Å². The molecule has 26 rings (SSSR count). The molecule has 10 heteroatoms. The van der Waals surface area contributed by atoms with Crippen LogP contribution in [0, 0.1) is 0 Å². The minimum Gasteiger partial charge on any atom is -0.316 e. The Balaban J connectivity index is 0.000000106. The minimum absolute atomic E-state index is 0.642. The summed E-state index contributed by atoms with van der Waals surface area (Å²) in [7, 11) is 0. The zero-order chi connectivity index (χ0) is 81.0. The van der Waals surface area contributed by atoms with E-state index in [2.05, 4.69) is 360 Å². The van der Waals surface area contributed by atoms with Gasteiger partial charge < -0.3 is 4.57 Å². The number of para-hydroxylation sites is 3. The van der Waals surface area contributed by atoms with Crippen LogP contribution in [0.15, 0.2) is 425 Å². The number of benzene rings is 17. The molecule has 0 amide bonds. The molecule has 6 aromatic heterocycles. The molecule has 0 radical (unpaired) electrons. The Kier molecular flexibility index (Phi) is 16.7. The molecule has 3 aliphatic carbocycles. The molecule has 572 valence electrons. The molecule has 0 unspecified atom stereocenters. The van der Waals surface area contributed by atoms with Crippen molar-refractivity contribution in [3.8, 4) is 174 Å². The minimum atomic E-state index is 0.642. The molecule has 0 saturated carbocycles. The van der Waals surface area contributed by atoms with Crippen LogP contribution in [-0.4, -0.2) is 48.6 Å². The third-order valence-corrected chi connectivity index (χ3v) is 24.4. The molecule has 0 bridgehead atoms. The van der Waals surface area contributed by atoms with Crippen molar-refractivity contribution in [3.05, 3.63) is 425 Å². The van der Waals surface area contributed by atoms with Gasteiger partial charge in [-0.15, -0.1) is 0 Å². The molecule has 0 atom stereocenters. The van der Waals surface area contributed by atoms with E-state index in [1.807, 2.05) is 78.9 Å². The average Bonchev–Trinajstić information content (AvgIpc) is 1.57. The third-order valence-electron chi connectivity index (χ3n) is 24.4. The lowest BCUT2D eigenvalue weighted by Gasteiger charge is -2.14. The number of hydrogen-bond donors (Lipinski definition) is 0. The second-order valence-electron chi connectivity index (χ2n) is 31.4. The van der Waals surface area contributed by atoms with E-state index in [9.17, 15) is 0 Å². The van der Waals surface area contributed by atoms with Crippen molar-refractivity contribution in [1.82, 2.24) is 48.6 Å². The van der Waals surface area contributed by atoms with Gasteiger partial charge in [0.05, 0.1) is 38.8 Å².